The smallest absolute Gasteiger partial charge is 0.122 e. The molecule has 1 aromatic rings. The van der Waals surface area contributed by atoms with Crippen molar-refractivity contribution in [2.45, 2.75) is 38.1 Å². The minimum Gasteiger partial charge on any atom is -0.493 e. The summed E-state index contributed by atoms with van der Waals surface area (Å²) in [7, 11) is 0. The Balaban J connectivity index is 1.50. The van der Waals surface area contributed by atoms with Crippen LogP contribution in [-0.2, 0) is 12.8 Å². The second kappa shape index (κ2) is 6.15. The van der Waals surface area contributed by atoms with Crippen LogP contribution in [0.25, 0.3) is 0 Å². The van der Waals surface area contributed by atoms with Gasteiger partial charge >= 0.3 is 0 Å². The van der Waals surface area contributed by atoms with Gasteiger partial charge in [-0.25, -0.2) is 0 Å². The van der Waals surface area contributed by atoms with Crippen LogP contribution in [0.2, 0.25) is 0 Å². The topological polar surface area (TPSA) is 21.3 Å². The molecule has 1 heterocycles. The van der Waals surface area contributed by atoms with Crippen LogP contribution in [0.3, 0.4) is 0 Å². The Morgan fingerprint density at radius 3 is 3.16 bits per heavy atom. The van der Waals surface area contributed by atoms with Crippen molar-refractivity contribution < 1.29 is 4.74 Å². The minimum atomic E-state index is 0.635. The van der Waals surface area contributed by atoms with Crippen molar-refractivity contribution in [2.24, 2.45) is 5.92 Å². The maximum absolute atomic E-state index is 6.01. The quantitative estimate of drug-likeness (QED) is 0.836. The molecule has 1 fully saturated rings. The Bertz CT molecular complexity index is 435. The van der Waals surface area contributed by atoms with Crippen molar-refractivity contribution in [1.29, 1.82) is 0 Å². The van der Waals surface area contributed by atoms with Crippen molar-refractivity contribution >= 4 is 11.6 Å². The Hall–Kier alpha value is -0.730. The molecule has 0 aromatic heterocycles. The lowest BCUT2D eigenvalue weighted by molar-refractivity contribution is 0.357. The molecule has 0 spiro atoms. The fourth-order valence-electron chi connectivity index (χ4n) is 3.29. The van der Waals surface area contributed by atoms with Gasteiger partial charge in [-0.05, 0) is 48.9 Å². The molecule has 0 saturated heterocycles. The fourth-order valence-corrected chi connectivity index (χ4v) is 3.66. The Morgan fingerprint density at radius 1 is 1.32 bits per heavy atom. The highest BCUT2D eigenvalue weighted by Gasteiger charge is 2.25. The van der Waals surface area contributed by atoms with Gasteiger partial charge in [-0.15, -0.1) is 11.6 Å². The van der Waals surface area contributed by atoms with E-state index in [1.165, 1.54) is 30.4 Å². The first-order valence-electron chi connectivity index (χ1n) is 7.41. The number of ether oxygens (including phenoxy) is 1. The molecular formula is C16H22ClNO. The molecule has 3 rings (SSSR count). The third kappa shape index (κ3) is 3.06. The average molecular weight is 280 g/mol. The summed E-state index contributed by atoms with van der Waals surface area (Å²) in [4.78, 5) is 0. The molecular weight excluding hydrogens is 258 g/mol. The summed E-state index contributed by atoms with van der Waals surface area (Å²) in [6, 6.07) is 7.25. The predicted molar refractivity (Wildman–Crippen MR) is 79.2 cm³/mol. The molecule has 104 valence electrons. The van der Waals surface area contributed by atoms with E-state index >= 15 is 0 Å². The second-order valence-electron chi connectivity index (χ2n) is 5.70. The van der Waals surface area contributed by atoms with Crippen molar-refractivity contribution in [3.05, 3.63) is 29.3 Å². The van der Waals surface area contributed by atoms with E-state index in [1.807, 2.05) is 0 Å². The molecule has 0 bridgehead atoms. The van der Waals surface area contributed by atoms with Gasteiger partial charge in [-0.3, -0.25) is 0 Å². The van der Waals surface area contributed by atoms with E-state index < -0.39 is 0 Å². The summed E-state index contributed by atoms with van der Waals surface area (Å²) in [5.74, 6) is 2.55. The number of halogens is 1. The van der Waals surface area contributed by atoms with Crippen molar-refractivity contribution in [2.75, 3.05) is 19.0 Å². The van der Waals surface area contributed by atoms with Crippen molar-refractivity contribution in [3.8, 4) is 5.75 Å². The zero-order valence-electron chi connectivity index (χ0n) is 11.3. The lowest BCUT2D eigenvalue weighted by Gasteiger charge is -2.18. The summed E-state index contributed by atoms with van der Waals surface area (Å²) in [5.41, 5.74) is 2.79. The van der Waals surface area contributed by atoms with E-state index in [0.717, 1.165) is 37.6 Å². The molecule has 2 unspecified atom stereocenters. The molecule has 0 radical (unpaired) electrons. The highest BCUT2D eigenvalue weighted by molar-refractivity contribution is 6.18. The van der Waals surface area contributed by atoms with Gasteiger partial charge in [0.2, 0.25) is 0 Å². The molecule has 1 aliphatic carbocycles. The third-order valence-corrected chi connectivity index (χ3v) is 4.83. The number of hydrogen-bond donors (Lipinski definition) is 1. The van der Waals surface area contributed by atoms with Crippen LogP contribution in [0.1, 0.15) is 30.4 Å². The number of nitrogens with one attached hydrogen (secondary N) is 1. The second-order valence-corrected chi connectivity index (χ2v) is 6.01. The predicted octanol–water partition coefficient (Wildman–Crippen LogP) is 3.16. The normalized spacial score (nSPS) is 25.3. The third-order valence-electron chi connectivity index (χ3n) is 4.43. The van der Waals surface area contributed by atoms with Gasteiger partial charge in [0, 0.05) is 18.3 Å². The lowest BCUT2D eigenvalue weighted by Crippen LogP contribution is -2.34. The summed E-state index contributed by atoms with van der Waals surface area (Å²) in [6.07, 6.45) is 6.06. The van der Waals surface area contributed by atoms with E-state index in [0.29, 0.717) is 12.0 Å². The van der Waals surface area contributed by atoms with Gasteiger partial charge in [0.1, 0.15) is 5.75 Å². The molecule has 2 aliphatic rings. The number of hydrogen-bond acceptors (Lipinski definition) is 2. The van der Waals surface area contributed by atoms with Gasteiger partial charge in [0.15, 0.2) is 0 Å². The Labute approximate surface area is 120 Å². The first kappa shape index (κ1) is 13.3. The first-order chi connectivity index (χ1) is 9.36. The standard InChI is InChI=1S/C16H22ClNO/c17-11-14-2-1-3-15(14)18-8-6-12-4-5-16-13(10-12)7-9-19-16/h4-5,10,14-15,18H,1-3,6-9,11H2. The zero-order chi connectivity index (χ0) is 13.1. The molecule has 1 aliphatic heterocycles. The van der Waals surface area contributed by atoms with E-state index in [9.17, 15) is 0 Å². The fraction of sp³-hybridized carbons (Fsp3) is 0.625. The highest BCUT2D eigenvalue weighted by Crippen LogP contribution is 2.27. The van der Waals surface area contributed by atoms with Crippen LogP contribution >= 0.6 is 11.6 Å². The number of benzene rings is 1. The number of rotatable bonds is 5. The highest BCUT2D eigenvalue weighted by atomic mass is 35.5. The molecule has 0 amide bonds. The maximum atomic E-state index is 6.01. The maximum Gasteiger partial charge on any atom is 0.122 e. The largest absolute Gasteiger partial charge is 0.493 e. The zero-order valence-corrected chi connectivity index (χ0v) is 12.1. The van der Waals surface area contributed by atoms with Gasteiger partial charge in [-0.1, -0.05) is 18.6 Å². The Kier molecular flexibility index (Phi) is 4.29. The summed E-state index contributed by atoms with van der Waals surface area (Å²) in [5, 5.41) is 3.68. The van der Waals surface area contributed by atoms with Crippen LogP contribution in [0.4, 0.5) is 0 Å². The Morgan fingerprint density at radius 2 is 2.26 bits per heavy atom. The molecule has 19 heavy (non-hydrogen) atoms. The molecule has 1 aromatic carbocycles. The van der Waals surface area contributed by atoms with Crippen LogP contribution in [0, 0.1) is 5.92 Å². The average Bonchev–Trinajstić information content (AvgIpc) is 3.06. The first-order valence-corrected chi connectivity index (χ1v) is 7.94. The van der Waals surface area contributed by atoms with Crippen LogP contribution in [-0.4, -0.2) is 25.1 Å². The summed E-state index contributed by atoms with van der Waals surface area (Å²) < 4.78 is 5.54. The molecule has 2 nitrogen and oxygen atoms in total. The van der Waals surface area contributed by atoms with Crippen LogP contribution in [0.5, 0.6) is 5.75 Å². The summed E-state index contributed by atoms with van der Waals surface area (Å²) >= 11 is 6.01. The molecule has 1 saturated carbocycles. The van der Waals surface area contributed by atoms with Gasteiger partial charge < -0.3 is 10.1 Å². The van der Waals surface area contributed by atoms with E-state index in [1.54, 1.807) is 0 Å². The van der Waals surface area contributed by atoms with E-state index in [-0.39, 0.29) is 0 Å². The minimum absolute atomic E-state index is 0.635. The van der Waals surface area contributed by atoms with Gasteiger partial charge in [0.05, 0.1) is 6.61 Å². The van der Waals surface area contributed by atoms with Crippen molar-refractivity contribution in [3.63, 3.8) is 0 Å². The number of fused-ring (bicyclic) bond motifs is 1. The van der Waals surface area contributed by atoms with E-state index in [2.05, 4.69) is 23.5 Å². The molecule has 3 heteroatoms. The van der Waals surface area contributed by atoms with Crippen LogP contribution in [0.15, 0.2) is 18.2 Å². The summed E-state index contributed by atoms with van der Waals surface area (Å²) in [6.45, 7) is 1.90. The SMILES string of the molecule is ClCC1CCCC1NCCc1ccc2c(c1)CCO2. The van der Waals surface area contributed by atoms with Gasteiger partial charge in [-0.2, -0.15) is 0 Å². The molecule has 2 atom stereocenters. The lowest BCUT2D eigenvalue weighted by atomic mass is 10.0. The van der Waals surface area contributed by atoms with Crippen LogP contribution < -0.4 is 10.1 Å². The number of alkyl halides is 1. The van der Waals surface area contributed by atoms with Crippen molar-refractivity contribution in [1.82, 2.24) is 5.32 Å². The van der Waals surface area contributed by atoms with E-state index in [4.69, 9.17) is 16.3 Å². The van der Waals surface area contributed by atoms with Gasteiger partial charge in [0.25, 0.3) is 0 Å². The molecule has 1 N–H and O–H groups in total. The monoisotopic (exact) mass is 279 g/mol.